The Morgan fingerprint density at radius 3 is 2.25 bits per heavy atom. The predicted octanol–water partition coefficient (Wildman–Crippen LogP) is 4.78. The van der Waals surface area contributed by atoms with Gasteiger partial charge in [-0.25, -0.2) is 0 Å². The molecule has 2 aliphatic rings. The molecule has 5 heteroatoms. The highest BCUT2D eigenvalue weighted by Crippen LogP contribution is 2.61. The second kappa shape index (κ2) is 4.83. The highest BCUT2D eigenvalue weighted by atomic mass is 35.5. The fraction of sp³-hybridized carbons (Fsp3) is 0.600. The molecular weight excluding hydrogens is 289 g/mol. The average Bonchev–Trinajstić information content (AvgIpc) is 2.98. The van der Waals surface area contributed by atoms with E-state index < -0.39 is 6.36 Å². The summed E-state index contributed by atoms with van der Waals surface area (Å²) in [5.74, 6) is 2.12. The SMILES string of the molecule is FC(F)(F)Oc1ccc(CC2(CCl)CC3CC3C2)cc1. The number of fused-ring (bicyclic) bond motifs is 1. The van der Waals surface area contributed by atoms with Crippen molar-refractivity contribution in [2.45, 2.75) is 32.0 Å². The molecule has 0 amide bonds. The smallest absolute Gasteiger partial charge is 0.406 e. The van der Waals surface area contributed by atoms with Crippen LogP contribution in [0.2, 0.25) is 0 Å². The van der Waals surface area contributed by atoms with E-state index in [1.54, 1.807) is 12.1 Å². The van der Waals surface area contributed by atoms with Crippen LogP contribution in [0.1, 0.15) is 24.8 Å². The Morgan fingerprint density at radius 1 is 1.15 bits per heavy atom. The van der Waals surface area contributed by atoms with E-state index in [1.165, 1.54) is 18.6 Å². The number of benzene rings is 1. The normalized spacial score (nSPS) is 32.0. The van der Waals surface area contributed by atoms with Gasteiger partial charge in [0.15, 0.2) is 0 Å². The Hall–Kier alpha value is -0.900. The molecular formula is C15H16ClF3O. The lowest BCUT2D eigenvalue weighted by molar-refractivity contribution is -0.274. The van der Waals surface area contributed by atoms with Gasteiger partial charge < -0.3 is 4.74 Å². The number of ether oxygens (including phenoxy) is 1. The molecule has 2 aliphatic carbocycles. The van der Waals surface area contributed by atoms with Gasteiger partial charge in [0, 0.05) is 5.88 Å². The van der Waals surface area contributed by atoms with E-state index in [-0.39, 0.29) is 11.2 Å². The maximum absolute atomic E-state index is 12.1. The highest BCUT2D eigenvalue weighted by Gasteiger charge is 2.53. The van der Waals surface area contributed by atoms with Gasteiger partial charge in [-0.3, -0.25) is 0 Å². The Morgan fingerprint density at radius 2 is 1.75 bits per heavy atom. The van der Waals surface area contributed by atoms with Crippen LogP contribution in [0.5, 0.6) is 5.75 Å². The molecule has 0 saturated heterocycles. The largest absolute Gasteiger partial charge is 0.573 e. The van der Waals surface area contributed by atoms with Gasteiger partial charge in [0.1, 0.15) is 5.75 Å². The second-order valence-electron chi connectivity index (χ2n) is 6.17. The molecule has 0 spiro atoms. The lowest BCUT2D eigenvalue weighted by Gasteiger charge is -2.28. The van der Waals surface area contributed by atoms with Gasteiger partial charge in [0.05, 0.1) is 0 Å². The van der Waals surface area contributed by atoms with Gasteiger partial charge in [-0.05, 0) is 60.6 Å². The lowest BCUT2D eigenvalue weighted by Crippen LogP contribution is -2.24. The summed E-state index contributed by atoms with van der Waals surface area (Å²) in [5, 5.41) is 0. The standard InChI is InChI=1S/C15H16ClF3O/c16-9-14(7-11-5-12(11)8-14)6-10-1-3-13(4-2-10)20-15(17,18)19/h1-4,11-12H,5-9H2. The molecule has 20 heavy (non-hydrogen) atoms. The van der Waals surface area contributed by atoms with Crippen molar-refractivity contribution in [3.63, 3.8) is 0 Å². The third-order valence-corrected chi connectivity index (χ3v) is 5.05. The van der Waals surface area contributed by atoms with Crippen molar-refractivity contribution in [3.8, 4) is 5.75 Å². The van der Waals surface area contributed by atoms with E-state index in [0.717, 1.165) is 36.7 Å². The molecule has 0 radical (unpaired) electrons. The molecule has 0 bridgehead atoms. The Labute approximate surface area is 121 Å². The van der Waals surface area contributed by atoms with Crippen molar-refractivity contribution in [2.75, 3.05) is 5.88 Å². The van der Waals surface area contributed by atoms with Crippen LogP contribution in [-0.2, 0) is 6.42 Å². The topological polar surface area (TPSA) is 9.23 Å². The molecule has 0 N–H and O–H groups in total. The Bertz CT molecular complexity index is 473. The second-order valence-corrected chi connectivity index (χ2v) is 6.43. The van der Waals surface area contributed by atoms with Crippen molar-refractivity contribution in [2.24, 2.45) is 17.3 Å². The van der Waals surface area contributed by atoms with Crippen LogP contribution in [0.4, 0.5) is 13.2 Å². The maximum atomic E-state index is 12.1. The molecule has 110 valence electrons. The van der Waals surface area contributed by atoms with Crippen LogP contribution in [0.3, 0.4) is 0 Å². The summed E-state index contributed by atoms with van der Waals surface area (Å²) in [6.45, 7) is 0. The van der Waals surface area contributed by atoms with E-state index in [0.29, 0.717) is 5.88 Å². The number of rotatable bonds is 4. The summed E-state index contributed by atoms with van der Waals surface area (Å²) in [6, 6.07) is 6.17. The maximum Gasteiger partial charge on any atom is 0.573 e. The van der Waals surface area contributed by atoms with Gasteiger partial charge in [-0.1, -0.05) is 12.1 Å². The first-order chi connectivity index (χ1) is 9.39. The molecule has 0 heterocycles. The highest BCUT2D eigenvalue weighted by molar-refractivity contribution is 6.18. The zero-order chi connectivity index (χ0) is 14.4. The molecule has 2 unspecified atom stereocenters. The third kappa shape index (κ3) is 3.05. The first-order valence-electron chi connectivity index (χ1n) is 6.80. The van der Waals surface area contributed by atoms with Gasteiger partial charge in [0.2, 0.25) is 0 Å². The average molecular weight is 305 g/mol. The molecule has 0 aliphatic heterocycles. The molecule has 1 nitrogen and oxygen atoms in total. The Balaban J connectivity index is 1.66. The molecule has 2 saturated carbocycles. The van der Waals surface area contributed by atoms with Crippen molar-refractivity contribution in [1.82, 2.24) is 0 Å². The number of hydrogen-bond acceptors (Lipinski definition) is 1. The van der Waals surface area contributed by atoms with Crippen LogP contribution >= 0.6 is 11.6 Å². The van der Waals surface area contributed by atoms with Crippen LogP contribution in [0, 0.1) is 17.3 Å². The van der Waals surface area contributed by atoms with Crippen molar-refractivity contribution >= 4 is 11.6 Å². The molecule has 1 aromatic rings. The fourth-order valence-corrected chi connectivity index (χ4v) is 3.86. The minimum Gasteiger partial charge on any atom is -0.406 e. The minimum absolute atomic E-state index is 0.140. The van der Waals surface area contributed by atoms with Crippen molar-refractivity contribution in [3.05, 3.63) is 29.8 Å². The summed E-state index contributed by atoms with van der Waals surface area (Å²) < 4.78 is 40.2. The van der Waals surface area contributed by atoms with E-state index in [9.17, 15) is 13.2 Å². The van der Waals surface area contributed by atoms with E-state index in [4.69, 9.17) is 11.6 Å². The van der Waals surface area contributed by atoms with Crippen LogP contribution in [-0.4, -0.2) is 12.2 Å². The first-order valence-corrected chi connectivity index (χ1v) is 7.33. The minimum atomic E-state index is -4.63. The first kappa shape index (κ1) is 14.1. The lowest BCUT2D eigenvalue weighted by atomic mass is 9.79. The van der Waals surface area contributed by atoms with Crippen LogP contribution in [0.25, 0.3) is 0 Å². The van der Waals surface area contributed by atoms with Gasteiger partial charge >= 0.3 is 6.36 Å². The molecule has 2 fully saturated rings. The molecule has 3 rings (SSSR count). The summed E-state index contributed by atoms with van der Waals surface area (Å²) in [7, 11) is 0. The summed E-state index contributed by atoms with van der Waals surface area (Å²) in [4.78, 5) is 0. The van der Waals surface area contributed by atoms with Gasteiger partial charge in [-0.15, -0.1) is 24.8 Å². The van der Waals surface area contributed by atoms with Gasteiger partial charge in [-0.2, -0.15) is 0 Å². The summed E-state index contributed by atoms with van der Waals surface area (Å²) in [5.41, 5.74) is 1.17. The van der Waals surface area contributed by atoms with Gasteiger partial charge in [0.25, 0.3) is 0 Å². The zero-order valence-electron chi connectivity index (χ0n) is 10.9. The number of hydrogen-bond donors (Lipinski definition) is 0. The van der Waals surface area contributed by atoms with Crippen LogP contribution in [0.15, 0.2) is 24.3 Å². The van der Waals surface area contributed by atoms with E-state index >= 15 is 0 Å². The monoisotopic (exact) mass is 304 g/mol. The number of alkyl halides is 4. The van der Waals surface area contributed by atoms with E-state index in [1.807, 2.05) is 0 Å². The van der Waals surface area contributed by atoms with Crippen molar-refractivity contribution in [1.29, 1.82) is 0 Å². The quantitative estimate of drug-likeness (QED) is 0.727. The van der Waals surface area contributed by atoms with Crippen molar-refractivity contribution < 1.29 is 17.9 Å². The molecule has 0 aromatic heterocycles. The Kier molecular flexibility index (Phi) is 3.39. The summed E-state index contributed by atoms with van der Waals surface area (Å²) >= 11 is 6.15. The summed E-state index contributed by atoms with van der Waals surface area (Å²) in [6.07, 6.45) is -0.150. The zero-order valence-corrected chi connectivity index (χ0v) is 11.7. The van der Waals surface area contributed by atoms with E-state index in [2.05, 4.69) is 4.74 Å². The fourth-order valence-electron chi connectivity index (χ4n) is 3.55. The van der Waals surface area contributed by atoms with Crippen LogP contribution < -0.4 is 4.74 Å². The predicted molar refractivity (Wildman–Crippen MR) is 70.8 cm³/mol. The molecule has 1 aromatic carbocycles. The third-order valence-electron chi connectivity index (χ3n) is 4.48. The number of halogens is 4. The molecule has 2 atom stereocenters.